The van der Waals surface area contributed by atoms with Crippen LogP contribution in [0.15, 0.2) is 48.5 Å². The molecule has 0 atom stereocenters. The summed E-state index contributed by atoms with van der Waals surface area (Å²) in [6.07, 6.45) is 4.41. The summed E-state index contributed by atoms with van der Waals surface area (Å²) >= 11 is 0. The van der Waals surface area contributed by atoms with Crippen molar-refractivity contribution in [2.45, 2.75) is 26.9 Å². The Morgan fingerprint density at radius 2 is 1.83 bits per heavy atom. The van der Waals surface area contributed by atoms with Gasteiger partial charge in [0.15, 0.2) is 0 Å². The molecule has 0 aliphatic heterocycles. The quantitative estimate of drug-likeness (QED) is 0.618. The number of nitrogens with two attached hydrogens (primary N) is 1. The van der Waals surface area contributed by atoms with Crippen molar-refractivity contribution in [1.82, 2.24) is 5.32 Å². The van der Waals surface area contributed by atoms with Crippen LogP contribution in [0.25, 0.3) is 6.08 Å². The molecule has 0 radical (unpaired) electrons. The number of alkyl carbamates (subject to hydrolysis) is 1. The van der Waals surface area contributed by atoms with Crippen molar-refractivity contribution in [3.05, 3.63) is 70.8 Å². The van der Waals surface area contributed by atoms with Gasteiger partial charge in [0, 0.05) is 12.2 Å². The molecule has 0 heterocycles. The summed E-state index contributed by atoms with van der Waals surface area (Å²) in [6, 6.07) is 13.7. The Hall–Kier alpha value is -2.75. The number of hydrogen-bond acceptors (Lipinski definition) is 3. The van der Waals surface area contributed by atoms with Gasteiger partial charge < -0.3 is 15.8 Å². The van der Waals surface area contributed by atoms with E-state index in [0.717, 1.165) is 34.4 Å². The maximum absolute atomic E-state index is 11.6. The largest absolute Gasteiger partial charge is 0.445 e. The SMILES string of the molecule is Cc1cc(C=CCCNC(=O)OCc2ccccc2)cc(C)c1N. The highest BCUT2D eigenvalue weighted by atomic mass is 16.5. The van der Waals surface area contributed by atoms with Crippen molar-refractivity contribution in [2.24, 2.45) is 0 Å². The molecule has 0 aliphatic rings. The van der Waals surface area contributed by atoms with Gasteiger partial charge in [-0.1, -0.05) is 42.5 Å². The van der Waals surface area contributed by atoms with E-state index in [1.165, 1.54) is 0 Å². The summed E-state index contributed by atoms with van der Waals surface area (Å²) in [7, 11) is 0. The van der Waals surface area contributed by atoms with E-state index in [2.05, 4.69) is 17.4 Å². The van der Waals surface area contributed by atoms with E-state index < -0.39 is 6.09 Å². The van der Waals surface area contributed by atoms with Crippen LogP contribution in [0, 0.1) is 13.8 Å². The van der Waals surface area contributed by atoms with Gasteiger partial charge in [-0.15, -0.1) is 0 Å². The van der Waals surface area contributed by atoms with Crippen LogP contribution in [-0.2, 0) is 11.3 Å². The molecule has 4 heteroatoms. The molecule has 0 fully saturated rings. The molecule has 0 aromatic heterocycles. The van der Waals surface area contributed by atoms with Gasteiger partial charge in [-0.2, -0.15) is 0 Å². The number of amides is 1. The van der Waals surface area contributed by atoms with Crippen LogP contribution < -0.4 is 11.1 Å². The van der Waals surface area contributed by atoms with Crippen LogP contribution in [0.1, 0.15) is 28.7 Å². The molecule has 0 bridgehead atoms. The highest BCUT2D eigenvalue weighted by Gasteiger charge is 2.01. The van der Waals surface area contributed by atoms with E-state index in [1.54, 1.807) is 0 Å². The zero-order chi connectivity index (χ0) is 17.4. The fourth-order valence-corrected chi connectivity index (χ4v) is 2.36. The fourth-order valence-electron chi connectivity index (χ4n) is 2.36. The van der Waals surface area contributed by atoms with Crippen molar-refractivity contribution in [1.29, 1.82) is 0 Å². The van der Waals surface area contributed by atoms with Crippen LogP contribution in [-0.4, -0.2) is 12.6 Å². The van der Waals surface area contributed by atoms with Gasteiger partial charge >= 0.3 is 6.09 Å². The molecular formula is C20H24N2O2. The van der Waals surface area contributed by atoms with E-state index in [4.69, 9.17) is 10.5 Å². The first-order valence-corrected chi connectivity index (χ1v) is 8.04. The summed E-state index contributed by atoms with van der Waals surface area (Å²) in [5, 5.41) is 2.74. The van der Waals surface area contributed by atoms with Crippen molar-refractivity contribution in [3.63, 3.8) is 0 Å². The van der Waals surface area contributed by atoms with E-state index in [9.17, 15) is 4.79 Å². The van der Waals surface area contributed by atoms with Crippen LogP contribution in [0.5, 0.6) is 0 Å². The molecule has 4 nitrogen and oxygen atoms in total. The number of rotatable bonds is 6. The number of nitrogen functional groups attached to an aromatic ring is 1. The molecule has 0 aliphatic carbocycles. The predicted molar refractivity (Wildman–Crippen MR) is 98.6 cm³/mol. The third-order valence-electron chi connectivity index (χ3n) is 3.72. The Labute approximate surface area is 143 Å². The minimum atomic E-state index is -0.397. The van der Waals surface area contributed by atoms with E-state index in [0.29, 0.717) is 6.54 Å². The molecule has 2 aromatic carbocycles. The first kappa shape index (κ1) is 17.6. The smallest absolute Gasteiger partial charge is 0.407 e. The topological polar surface area (TPSA) is 64.3 Å². The Morgan fingerprint density at radius 1 is 1.17 bits per heavy atom. The lowest BCUT2D eigenvalue weighted by molar-refractivity contribution is 0.140. The number of aryl methyl sites for hydroxylation is 2. The van der Waals surface area contributed by atoms with Crippen LogP contribution in [0.2, 0.25) is 0 Å². The molecule has 126 valence electrons. The summed E-state index contributed by atoms with van der Waals surface area (Å²) < 4.78 is 5.15. The van der Waals surface area contributed by atoms with Gasteiger partial charge in [-0.3, -0.25) is 0 Å². The first-order chi connectivity index (χ1) is 11.6. The number of carbonyl (C=O) groups excluding carboxylic acids is 1. The molecule has 1 amide bonds. The molecule has 0 unspecified atom stereocenters. The second-order valence-electron chi connectivity index (χ2n) is 5.75. The summed E-state index contributed by atoms with van der Waals surface area (Å²) in [5.41, 5.74) is 11.0. The first-order valence-electron chi connectivity index (χ1n) is 8.04. The Morgan fingerprint density at radius 3 is 2.50 bits per heavy atom. The monoisotopic (exact) mass is 324 g/mol. The molecular weight excluding hydrogens is 300 g/mol. The van der Waals surface area contributed by atoms with Crippen LogP contribution >= 0.6 is 0 Å². The maximum atomic E-state index is 11.6. The maximum Gasteiger partial charge on any atom is 0.407 e. The Bertz CT molecular complexity index is 686. The zero-order valence-corrected chi connectivity index (χ0v) is 14.2. The molecule has 0 saturated heterocycles. The van der Waals surface area contributed by atoms with Gasteiger partial charge in [0.05, 0.1) is 0 Å². The predicted octanol–water partition coefficient (Wildman–Crippen LogP) is 4.22. The minimum absolute atomic E-state index is 0.284. The molecule has 0 spiro atoms. The minimum Gasteiger partial charge on any atom is -0.445 e. The van der Waals surface area contributed by atoms with E-state index in [1.807, 2.05) is 56.3 Å². The lowest BCUT2D eigenvalue weighted by atomic mass is 10.0. The summed E-state index contributed by atoms with van der Waals surface area (Å²) in [4.78, 5) is 11.6. The Balaban J connectivity index is 1.69. The number of nitrogens with one attached hydrogen (secondary N) is 1. The van der Waals surface area contributed by atoms with Crippen LogP contribution in [0.3, 0.4) is 0 Å². The van der Waals surface area contributed by atoms with Gasteiger partial charge in [-0.05, 0) is 54.7 Å². The average Bonchev–Trinajstić information content (AvgIpc) is 2.58. The summed E-state index contributed by atoms with van der Waals surface area (Å²) in [5.74, 6) is 0. The van der Waals surface area contributed by atoms with Gasteiger partial charge in [0.1, 0.15) is 6.61 Å². The lowest BCUT2D eigenvalue weighted by Crippen LogP contribution is -2.24. The van der Waals surface area contributed by atoms with E-state index >= 15 is 0 Å². The summed E-state index contributed by atoms with van der Waals surface area (Å²) in [6.45, 7) is 4.83. The van der Waals surface area contributed by atoms with Crippen molar-refractivity contribution in [2.75, 3.05) is 12.3 Å². The van der Waals surface area contributed by atoms with Crippen molar-refractivity contribution in [3.8, 4) is 0 Å². The fraction of sp³-hybridized carbons (Fsp3) is 0.250. The number of ether oxygens (including phenoxy) is 1. The normalized spacial score (nSPS) is 10.8. The number of benzene rings is 2. The van der Waals surface area contributed by atoms with E-state index in [-0.39, 0.29) is 6.61 Å². The number of anilines is 1. The molecule has 2 rings (SSSR count). The second-order valence-corrected chi connectivity index (χ2v) is 5.75. The zero-order valence-electron chi connectivity index (χ0n) is 14.2. The van der Waals surface area contributed by atoms with Crippen molar-refractivity contribution < 1.29 is 9.53 Å². The second kappa shape index (κ2) is 8.77. The molecule has 0 saturated carbocycles. The molecule has 24 heavy (non-hydrogen) atoms. The van der Waals surface area contributed by atoms with Crippen LogP contribution in [0.4, 0.5) is 10.5 Å². The van der Waals surface area contributed by atoms with Gasteiger partial charge in [0.25, 0.3) is 0 Å². The number of hydrogen-bond donors (Lipinski definition) is 2. The third-order valence-corrected chi connectivity index (χ3v) is 3.72. The van der Waals surface area contributed by atoms with Gasteiger partial charge in [0.2, 0.25) is 0 Å². The average molecular weight is 324 g/mol. The highest BCUT2D eigenvalue weighted by molar-refractivity contribution is 5.67. The Kier molecular flexibility index (Phi) is 6.43. The highest BCUT2D eigenvalue weighted by Crippen LogP contribution is 2.19. The van der Waals surface area contributed by atoms with Crippen molar-refractivity contribution >= 4 is 17.9 Å². The molecule has 2 aromatic rings. The standard InChI is InChI=1S/C20H24N2O2/c1-15-12-18(13-16(2)19(15)21)10-6-7-11-22-20(23)24-14-17-8-4-3-5-9-17/h3-6,8-10,12-13H,7,11,14,21H2,1-2H3,(H,22,23). The lowest BCUT2D eigenvalue weighted by Gasteiger charge is -2.07. The van der Waals surface area contributed by atoms with Gasteiger partial charge in [-0.25, -0.2) is 4.79 Å². The third kappa shape index (κ3) is 5.47. The molecule has 3 N–H and O–H groups in total. The number of carbonyl (C=O) groups is 1.